The molecule has 6 nitrogen and oxygen atoms in total. The van der Waals surface area contributed by atoms with Gasteiger partial charge in [-0.3, -0.25) is 14.5 Å². The van der Waals surface area contributed by atoms with Crippen molar-refractivity contribution in [3.63, 3.8) is 0 Å². The van der Waals surface area contributed by atoms with Crippen LogP contribution in [0.1, 0.15) is 37.3 Å². The van der Waals surface area contributed by atoms with Crippen molar-refractivity contribution in [1.82, 2.24) is 4.98 Å². The van der Waals surface area contributed by atoms with E-state index in [-0.39, 0.29) is 24.8 Å². The lowest BCUT2D eigenvalue weighted by atomic mass is 10.1. The molecule has 0 radical (unpaired) electrons. The first kappa shape index (κ1) is 22.7. The SMILES string of the molecule is CCCCc1ccc(NC(=O)CN2C(=O)CC(c3ccc(Cl)cc3)=Nc3cccnc32)cc1. The Hall–Kier alpha value is -3.51. The lowest BCUT2D eigenvalue weighted by molar-refractivity contribution is -0.120. The summed E-state index contributed by atoms with van der Waals surface area (Å²) in [7, 11) is 0. The summed E-state index contributed by atoms with van der Waals surface area (Å²) in [6.45, 7) is 2.01. The van der Waals surface area contributed by atoms with Crippen LogP contribution < -0.4 is 10.2 Å². The Labute approximate surface area is 198 Å². The molecule has 1 aliphatic rings. The van der Waals surface area contributed by atoms with Gasteiger partial charge in [0.05, 0.1) is 12.1 Å². The van der Waals surface area contributed by atoms with Gasteiger partial charge in [-0.15, -0.1) is 0 Å². The lowest BCUT2D eigenvalue weighted by Gasteiger charge is -2.20. The van der Waals surface area contributed by atoms with Crippen LogP contribution in [0.4, 0.5) is 17.2 Å². The number of aromatic nitrogens is 1. The zero-order valence-corrected chi connectivity index (χ0v) is 19.2. The number of rotatable bonds is 7. The van der Waals surface area contributed by atoms with Crippen LogP contribution in [0.3, 0.4) is 0 Å². The number of carbonyl (C=O) groups is 2. The van der Waals surface area contributed by atoms with E-state index in [1.165, 1.54) is 10.5 Å². The highest BCUT2D eigenvalue weighted by Crippen LogP contribution is 2.31. The maximum absolute atomic E-state index is 13.2. The zero-order chi connectivity index (χ0) is 23.2. The largest absolute Gasteiger partial charge is 0.325 e. The molecule has 2 aromatic carbocycles. The van der Waals surface area contributed by atoms with Gasteiger partial charge in [0, 0.05) is 16.9 Å². The van der Waals surface area contributed by atoms with E-state index in [4.69, 9.17) is 11.6 Å². The quantitative estimate of drug-likeness (QED) is 0.500. The summed E-state index contributed by atoms with van der Waals surface area (Å²) in [4.78, 5) is 36.4. The third-order valence-electron chi connectivity index (χ3n) is 5.43. The Kier molecular flexibility index (Phi) is 7.15. The molecule has 0 saturated carbocycles. The first-order valence-electron chi connectivity index (χ1n) is 11.0. The van der Waals surface area contributed by atoms with Crippen LogP contribution in [0.5, 0.6) is 0 Å². The summed E-state index contributed by atoms with van der Waals surface area (Å²) < 4.78 is 0. The number of carbonyl (C=O) groups excluding carboxylic acids is 2. The smallest absolute Gasteiger partial charge is 0.244 e. The van der Waals surface area contributed by atoms with E-state index in [0.29, 0.717) is 27.9 Å². The Morgan fingerprint density at radius 1 is 1.09 bits per heavy atom. The second kappa shape index (κ2) is 10.4. The maximum atomic E-state index is 13.2. The number of unbranched alkanes of at least 4 members (excludes halogenated alkanes) is 1. The Balaban J connectivity index is 1.51. The normalized spacial score (nSPS) is 13.2. The summed E-state index contributed by atoms with van der Waals surface area (Å²) in [5, 5.41) is 3.49. The highest BCUT2D eigenvalue weighted by molar-refractivity contribution is 6.30. The fraction of sp³-hybridized carbons (Fsp3) is 0.231. The molecule has 33 heavy (non-hydrogen) atoms. The minimum atomic E-state index is -0.295. The number of nitrogens with zero attached hydrogens (tertiary/aromatic N) is 3. The van der Waals surface area contributed by atoms with Gasteiger partial charge in [0.25, 0.3) is 0 Å². The number of anilines is 2. The number of benzene rings is 2. The summed E-state index contributed by atoms with van der Waals surface area (Å²) >= 11 is 6.00. The maximum Gasteiger partial charge on any atom is 0.244 e. The second-order valence-corrected chi connectivity index (χ2v) is 8.35. The molecule has 0 atom stereocenters. The second-order valence-electron chi connectivity index (χ2n) is 7.92. The summed E-state index contributed by atoms with van der Waals surface area (Å²) in [5.41, 5.74) is 3.89. The topological polar surface area (TPSA) is 74.7 Å². The van der Waals surface area contributed by atoms with Crippen molar-refractivity contribution < 1.29 is 9.59 Å². The Bertz CT molecular complexity index is 1170. The zero-order valence-electron chi connectivity index (χ0n) is 18.4. The van der Waals surface area contributed by atoms with Gasteiger partial charge >= 0.3 is 0 Å². The fourth-order valence-electron chi connectivity index (χ4n) is 3.68. The molecule has 0 spiro atoms. The fourth-order valence-corrected chi connectivity index (χ4v) is 3.80. The van der Waals surface area contributed by atoms with E-state index < -0.39 is 0 Å². The summed E-state index contributed by atoms with van der Waals surface area (Å²) in [5.74, 6) is -0.168. The minimum Gasteiger partial charge on any atom is -0.325 e. The third-order valence-corrected chi connectivity index (χ3v) is 5.68. The first-order chi connectivity index (χ1) is 16.0. The molecule has 0 aliphatic carbocycles. The van der Waals surface area contributed by atoms with E-state index in [1.54, 1.807) is 30.5 Å². The number of pyridine rings is 1. The Morgan fingerprint density at radius 3 is 2.58 bits per heavy atom. The van der Waals surface area contributed by atoms with Crippen molar-refractivity contribution in [3.8, 4) is 0 Å². The summed E-state index contributed by atoms with van der Waals surface area (Å²) in [6, 6.07) is 18.6. The molecule has 1 aliphatic heterocycles. The molecule has 1 aromatic heterocycles. The molecular weight excluding hydrogens is 436 g/mol. The molecule has 3 aromatic rings. The monoisotopic (exact) mass is 460 g/mol. The predicted octanol–water partition coefficient (Wildman–Crippen LogP) is 5.57. The van der Waals surface area contributed by atoms with E-state index in [1.807, 2.05) is 36.4 Å². The van der Waals surface area contributed by atoms with Gasteiger partial charge in [0.15, 0.2) is 5.82 Å². The molecule has 0 saturated heterocycles. The van der Waals surface area contributed by atoms with Crippen molar-refractivity contribution in [3.05, 3.63) is 83.0 Å². The van der Waals surface area contributed by atoms with E-state index in [2.05, 4.69) is 22.2 Å². The molecule has 0 fully saturated rings. The average molecular weight is 461 g/mol. The van der Waals surface area contributed by atoms with E-state index in [0.717, 1.165) is 24.8 Å². The van der Waals surface area contributed by atoms with Gasteiger partial charge in [-0.2, -0.15) is 0 Å². The van der Waals surface area contributed by atoms with Crippen LogP contribution in [0.2, 0.25) is 5.02 Å². The van der Waals surface area contributed by atoms with Crippen LogP contribution in [-0.4, -0.2) is 29.1 Å². The number of aryl methyl sites for hydroxylation is 1. The number of hydrogen-bond donors (Lipinski definition) is 1. The number of hydrogen-bond acceptors (Lipinski definition) is 4. The molecular formula is C26H25ClN4O2. The molecule has 7 heteroatoms. The first-order valence-corrected chi connectivity index (χ1v) is 11.4. The Morgan fingerprint density at radius 2 is 1.85 bits per heavy atom. The van der Waals surface area contributed by atoms with Crippen molar-refractivity contribution in [2.45, 2.75) is 32.6 Å². The van der Waals surface area contributed by atoms with Crippen LogP contribution in [-0.2, 0) is 16.0 Å². The molecule has 0 bridgehead atoms. The van der Waals surface area contributed by atoms with Crippen molar-refractivity contribution in [1.29, 1.82) is 0 Å². The van der Waals surface area contributed by atoms with Gasteiger partial charge < -0.3 is 5.32 Å². The molecule has 2 heterocycles. The van der Waals surface area contributed by atoms with Gasteiger partial charge in [-0.05, 0) is 60.4 Å². The highest BCUT2D eigenvalue weighted by Gasteiger charge is 2.27. The molecule has 2 amide bonds. The van der Waals surface area contributed by atoms with Crippen LogP contribution in [0.25, 0.3) is 0 Å². The third kappa shape index (κ3) is 5.65. The summed E-state index contributed by atoms with van der Waals surface area (Å²) in [6.07, 6.45) is 4.94. The van der Waals surface area contributed by atoms with Crippen molar-refractivity contribution >= 4 is 46.3 Å². The van der Waals surface area contributed by atoms with E-state index >= 15 is 0 Å². The average Bonchev–Trinajstić information content (AvgIpc) is 2.95. The number of nitrogens with one attached hydrogen (secondary N) is 1. The van der Waals surface area contributed by atoms with Crippen molar-refractivity contribution in [2.75, 3.05) is 16.8 Å². The van der Waals surface area contributed by atoms with Crippen LogP contribution in [0.15, 0.2) is 71.9 Å². The van der Waals surface area contributed by atoms with E-state index in [9.17, 15) is 9.59 Å². The van der Waals surface area contributed by atoms with Crippen molar-refractivity contribution in [2.24, 2.45) is 4.99 Å². The van der Waals surface area contributed by atoms with Gasteiger partial charge in [0.1, 0.15) is 12.2 Å². The lowest BCUT2D eigenvalue weighted by Crippen LogP contribution is -2.38. The number of halogens is 1. The van der Waals surface area contributed by atoms with Crippen LogP contribution in [0, 0.1) is 0 Å². The van der Waals surface area contributed by atoms with Crippen LogP contribution >= 0.6 is 11.6 Å². The molecule has 168 valence electrons. The minimum absolute atomic E-state index is 0.0530. The standard InChI is InChI=1S/C26H25ClN4O2/c1-2-3-5-18-7-13-21(14-8-18)29-24(32)17-31-25(33)16-23(19-9-11-20(27)12-10-19)30-22-6-4-15-28-26(22)31/h4,6-15H,2-3,5,16-17H2,1H3,(H,29,32). The molecule has 0 unspecified atom stereocenters. The van der Waals surface area contributed by atoms with Gasteiger partial charge in [-0.25, -0.2) is 9.98 Å². The number of fused-ring (bicyclic) bond motifs is 1. The number of amides is 2. The molecule has 4 rings (SSSR count). The van der Waals surface area contributed by atoms with Gasteiger partial charge in [0.2, 0.25) is 11.8 Å². The van der Waals surface area contributed by atoms with Gasteiger partial charge in [-0.1, -0.05) is 49.2 Å². The molecule has 1 N–H and O–H groups in total. The number of aliphatic imine (C=N–C) groups is 1. The highest BCUT2D eigenvalue weighted by atomic mass is 35.5. The predicted molar refractivity (Wildman–Crippen MR) is 133 cm³/mol.